The summed E-state index contributed by atoms with van der Waals surface area (Å²) >= 11 is 0. The third-order valence-electron chi connectivity index (χ3n) is 6.47. The van der Waals surface area contributed by atoms with Gasteiger partial charge in [-0.3, -0.25) is 4.90 Å². The molecule has 1 fully saturated rings. The number of nitrogens with zero attached hydrogens (tertiary/aromatic N) is 1. The van der Waals surface area contributed by atoms with Crippen LogP contribution in [-0.2, 0) is 12.7 Å². The summed E-state index contributed by atoms with van der Waals surface area (Å²) < 4.78 is 86.0. The van der Waals surface area contributed by atoms with E-state index in [1.54, 1.807) is 48.5 Å². The lowest BCUT2D eigenvalue weighted by atomic mass is 9.88. The number of rotatable bonds is 5. The highest BCUT2D eigenvalue weighted by atomic mass is 19.4. The highest BCUT2D eigenvalue weighted by Crippen LogP contribution is 2.42. The van der Waals surface area contributed by atoms with Crippen LogP contribution in [0.4, 0.5) is 26.3 Å². The van der Waals surface area contributed by atoms with Gasteiger partial charge in [-0.2, -0.15) is 26.3 Å². The predicted molar refractivity (Wildman–Crippen MR) is 122 cm³/mol. The minimum atomic E-state index is -4.43. The summed E-state index contributed by atoms with van der Waals surface area (Å²) in [4.78, 5) is 1.50. The number of alkyl halides is 6. The molecule has 0 spiro atoms. The summed E-state index contributed by atoms with van der Waals surface area (Å²) in [6, 6.07) is 16.8. The van der Waals surface area contributed by atoms with Gasteiger partial charge in [0.25, 0.3) is 0 Å². The first-order valence-corrected chi connectivity index (χ1v) is 11.3. The van der Waals surface area contributed by atoms with Crippen molar-refractivity contribution in [2.75, 3.05) is 7.11 Å². The molecule has 2 atom stereocenters. The standard InChI is InChI=1S/C27H25F6NO/c1-35-23-14-8-18(9-15-23)17-34-24(6-3-7-25(34)27(31,32)33)21-5-2-4-20(16-21)19-10-12-22(13-11-19)26(28,29)30/h2,4-5,8-16,24-25H,3,6-7,17H2,1H3. The van der Waals surface area contributed by atoms with Crippen LogP contribution in [0.15, 0.2) is 72.8 Å². The van der Waals surface area contributed by atoms with Gasteiger partial charge in [0.1, 0.15) is 11.8 Å². The molecule has 4 rings (SSSR count). The Kier molecular flexibility index (Phi) is 7.12. The van der Waals surface area contributed by atoms with Gasteiger partial charge in [0, 0.05) is 12.6 Å². The quantitative estimate of drug-likeness (QED) is 0.334. The second-order valence-corrected chi connectivity index (χ2v) is 8.73. The fourth-order valence-corrected chi connectivity index (χ4v) is 4.70. The summed E-state index contributed by atoms with van der Waals surface area (Å²) in [6.07, 6.45) is -7.81. The second kappa shape index (κ2) is 9.93. The second-order valence-electron chi connectivity index (χ2n) is 8.73. The van der Waals surface area contributed by atoms with Gasteiger partial charge in [-0.1, -0.05) is 42.5 Å². The molecular formula is C27H25F6NO. The third kappa shape index (κ3) is 5.81. The van der Waals surface area contributed by atoms with E-state index in [9.17, 15) is 26.3 Å². The normalized spacial score (nSPS) is 19.5. The number of methoxy groups -OCH3 is 1. The van der Waals surface area contributed by atoms with Crippen molar-refractivity contribution in [1.82, 2.24) is 4.90 Å². The molecular weight excluding hydrogens is 468 g/mol. The molecule has 0 bridgehead atoms. The maximum absolute atomic E-state index is 14.0. The van der Waals surface area contributed by atoms with Gasteiger partial charge in [-0.05, 0) is 71.8 Å². The zero-order valence-corrected chi connectivity index (χ0v) is 19.0. The molecule has 0 N–H and O–H groups in total. The largest absolute Gasteiger partial charge is 0.497 e. The van der Waals surface area contributed by atoms with Crippen molar-refractivity contribution in [2.45, 2.75) is 50.2 Å². The van der Waals surface area contributed by atoms with Crippen LogP contribution < -0.4 is 4.74 Å². The number of hydrogen-bond donors (Lipinski definition) is 0. The molecule has 35 heavy (non-hydrogen) atoms. The van der Waals surface area contributed by atoms with Crippen LogP contribution in [0.1, 0.15) is 42.0 Å². The van der Waals surface area contributed by atoms with Crippen LogP contribution >= 0.6 is 0 Å². The Morgan fingerprint density at radius 2 is 1.51 bits per heavy atom. The zero-order chi connectivity index (χ0) is 25.2. The van der Waals surface area contributed by atoms with E-state index in [1.165, 1.54) is 24.1 Å². The Morgan fingerprint density at radius 3 is 2.11 bits per heavy atom. The number of ether oxygens (including phenoxy) is 1. The molecule has 0 saturated carbocycles. The van der Waals surface area contributed by atoms with Gasteiger partial charge < -0.3 is 4.74 Å². The molecule has 2 nitrogen and oxygen atoms in total. The first kappa shape index (κ1) is 25.1. The van der Waals surface area contributed by atoms with E-state index >= 15 is 0 Å². The van der Waals surface area contributed by atoms with Crippen LogP contribution in [0.5, 0.6) is 5.75 Å². The Morgan fingerprint density at radius 1 is 0.829 bits per heavy atom. The van der Waals surface area contributed by atoms with Gasteiger partial charge in [-0.25, -0.2) is 0 Å². The number of benzene rings is 3. The van der Waals surface area contributed by atoms with E-state index in [0.29, 0.717) is 35.3 Å². The average molecular weight is 493 g/mol. The molecule has 1 heterocycles. The van der Waals surface area contributed by atoms with E-state index in [1.807, 2.05) is 0 Å². The van der Waals surface area contributed by atoms with Crippen molar-refractivity contribution in [3.8, 4) is 16.9 Å². The van der Waals surface area contributed by atoms with Crippen molar-refractivity contribution >= 4 is 0 Å². The Bertz CT molecular complexity index is 1120. The van der Waals surface area contributed by atoms with Gasteiger partial charge in [-0.15, -0.1) is 0 Å². The minimum absolute atomic E-state index is 0.0226. The van der Waals surface area contributed by atoms with E-state index in [0.717, 1.165) is 17.7 Å². The minimum Gasteiger partial charge on any atom is -0.497 e. The summed E-state index contributed by atoms with van der Waals surface area (Å²) in [5.41, 5.74) is 1.94. The van der Waals surface area contributed by atoms with E-state index < -0.39 is 30.0 Å². The molecule has 186 valence electrons. The Balaban J connectivity index is 1.66. The maximum atomic E-state index is 14.0. The van der Waals surface area contributed by atoms with Gasteiger partial charge in [0.05, 0.1) is 12.7 Å². The number of likely N-dealkylation sites (tertiary alicyclic amines) is 1. The molecule has 1 aliphatic rings. The molecule has 0 amide bonds. The highest BCUT2D eigenvalue weighted by Gasteiger charge is 2.47. The highest BCUT2D eigenvalue weighted by molar-refractivity contribution is 5.64. The molecule has 3 aromatic carbocycles. The zero-order valence-electron chi connectivity index (χ0n) is 19.0. The van der Waals surface area contributed by atoms with Gasteiger partial charge in [0.2, 0.25) is 0 Å². The lowest BCUT2D eigenvalue weighted by Crippen LogP contribution is -2.49. The van der Waals surface area contributed by atoms with Crippen LogP contribution in [0.2, 0.25) is 0 Å². The molecule has 0 aliphatic carbocycles. The van der Waals surface area contributed by atoms with Crippen LogP contribution in [-0.4, -0.2) is 24.2 Å². The molecule has 3 aromatic rings. The number of halogens is 6. The fourth-order valence-electron chi connectivity index (χ4n) is 4.70. The lowest BCUT2D eigenvalue weighted by Gasteiger charge is -2.43. The summed E-state index contributed by atoms with van der Waals surface area (Å²) in [6.45, 7) is 0.114. The Labute approximate surface area is 200 Å². The van der Waals surface area contributed by atoms with Crippen molar-refractivity contribution in [3.63, 3.8) is 0 Å². The Hall–Kier alpha value is -3.00. The fraction of sp³-hybridized carbons (Fsp3) is 0.333. The van der Waals surface area contributed by atoms with E-state index in [4.69, 9.17) is 4.74 Å². The topological polar surface area (TPSA) is 12.5 Å². The van der Waals surface area contributed by atoms with E-state index in [-0.39, 0.29) is 13.0 Å². The first-order valence-electron chi connectivity index (χ1n) is 11.3. The van der Waals surface area contributed by atoms with Crippen molar-refractivity contribution in [2.24, 2.45) is 0 Å². The smallest absolute Gasteiger partial charge is 0.416 e. The molecule has 0 aromatic heterocycles. The first-order chi connectivity index (χ1) is 16.6. The monoisotopic (exact) mass is 493 g/mol. The summed E-state index contributed by atoms with van der Waals surface area (Å²) in [7, 11) is 1.53. The van der Waals surface area contributed by atoms with Crippen LogP contribution in [0.3, 0.4) is 0 Å². The van der Waals surface area contributed by atoms with Gasteiger partial charge >= 0.3 is 12.4 Å². The van der Waals surface area contributed by atoms with Crippen molar-refractivity contribution in [3.05, 3.63) is 89.5 Å². The van der Waals surface area contributed by atoms with Crippen molar-refractivity contribution < 1.29 is 31.1 Å². The molecule has 8 heteroatoms. The molecule has 1 aliphatic heterocycles. The average Bonchev–Trinajstić information content (AvgIpc) is 2.83. The van der Waals surface area contributed by atoms with Crippen LogP contribution in [0, 0.1) is 0 Å². The van der Waals surface area contributed by atoms with Crippen molar-refractivity contribution in [1.29, 1.82) is 0 Å². The number of hydrogen-bond acceptors (Lipinski definition) is 2. The number of piperidine rings is 1. The third-order valence-corrected chi connectivity index (χ3v) is 6.47. The van der Waals surface area contributed by atoms with Crippen LogP contribution in [0.25, 0.3) is 11.1 Å². The predicted octanol–water partition coefficient (Wildman–Crippen LogP) is 8.04. The van der Waals surface area contributed by atoms with Gasteiger partial charge in [0.15, 0.2) is 0 Å². The lowest BCUT2D eigenvalue weighted by molar-refractivity contribution is -0.201. The molecule has 2 unspecified atom stereocenters. The summed E-state index contributed by atoms with van der Waals surface area (Å²) in [5, 5.41) is 0. The summed E-state index contributed by atoms with van der Waals surface area (Å²) in [5.74, 6) is 0.626. The maximum Gasteiger partial charge on any atom is 0.416 e. The molecule has 1 saturated heterocycles. The molecule has 0 radical (unpaired) electrons. The SMILES string of the molecule is COc1ccc(CN2C(c3cccc(-c4ccc(C(F)(F)F)cc4)c3)CCCC2C(F)(F)F)cc1. The van der Waals surface area contributed by atoms with E-state index in [2.05, 4.69) is 0 Å².